The van der Waals surface area contributed by atoms with Gasteiger partial charge in [0.2, 0.25) is 0 Å². The number of anilines is 2. The molecule has 4 rings (SSSR count). The van der Waals surface area contributed by atoms with Gasteiger partial charge >= 0.3 is 0 Å². The van der Waals surface area contributed by atoms with E-state index in [0.717, 1.165) is 27.0 Å². The summed E-state index contributed by atoms with van der Waals surface area (Å²) >= 11 is 3.48. The van der Waals surface area contributed by atoms with Crippen molar-refractivity contribution in [1.29, 1.82) is 0 Å². The Morgan fingerprint density at radius 2 is 2.10 bits per heavy atom. The van der Waals surface area contributed by atoms with Crippen LogP contribution in [-0.2, 0) is 0 Å². The molecule has 4 nitrogen and oxygen atoms in total. The molecule has 1 aliphatic carbocycles. The van der Waals surface area contributed by atoms with Gasteiger partial charge in [-0.1, -0.05) is 22.0 Å². The molecule has 1 saturated carbocycles. The molecule has 20 heavy (non-hydrogen) atoms. The van der Waals surface area contributed by atoms with Gasteiger partial charge in [0.15, 0.2) is 5.82 Å². The molecule has 0 saturated heterocycles. The maximum absolute atomic E-state index is 4.36. The number of halogens is 1. The molecule has 1 aliphatic rings. The summed E-state index contributed by atoms with van der Waals surface area (Å²) in [4.78, 5) is 12.2. The average molecular weight is 329 g/mol. The van der Waals surface area contributed by atoms with Crippen LogP contribution in [0.2, 0.25) is 0 Å². The Morgan fingerprint density at radius 3 is 2.90 bits per heavy atom. The minimum Gasteiger partial charge on any atom is -0.354 e. The largest absolute Gasteiger partial charge is 0.354 e. The summed E-state index contributed by atoms with van der Waals surface area (Å²) < 4.78 is 1.04. The van der Waals surface area contributed by atoms with Crippen LogP contribution in [0.1, 0.15) is 24.5 Å². The molecular formula is C15H13BrN4. The molecule has 0 radical (unpaired) electrons. The third kappa shape index (κ3) is 2.18. The van der Waals surface area contributed by atoms with Crippen LogP contribution in [0.25, 0.3) is 11.0 Å². The fraction of sp³-hybridized carbons (Fsp3) is 0.200. The number of H-pyrrole nitrogens is 1. The van der Waals surface area contributed by atoms with Crippen molar-refractivity contribution >= 4 is 38.5 Å². The number of nitrogens with zero attached hydrogens (tertiary/aromatic N) is 2. The summed E-state index contributed by atoms with van der Waals surface area (Å²) in [5, 5.41) is 3.35. The van der Waals surface area contributed by atoms with Crippen LogP contribution in [0.15, 0.2) is 41.1 Å². The lowest BCUT2D eigenvalue weighted by Crippen LogP contribution is -1.95. The molecule has 0 atom stereocenters. The lowest BCUT2D eigenvalue weighted by molar-refractivity contribution is 1.06. The van der Waals surface area contributed by atoms with E-state index in [0.29, 0.717) is 5.92 Å². The zero-order valence-electron chi connectivity index (χ0n) is 10.7. The molecule has 1 aromatic carbocycles. The molecular weight excluding hydrogens is 316 g/mol. The molecule has 0 aliphatic heterocycles. The predicted molar refractivity (Wildman–Crippen MR) is 83.3 cm³/mol. The van der Waals surface area contributed by atoms with Crippen LogP contribution >= 0.6 is 15.9 Å². The summed E-state index contributed by atoms with van der Waals surface area (Å²) in [7, 11) is 0. The van der Waals surface area contributed by atoms with E-state index in [-0.39, 0.29) is 0 Å². The smallest absolute Gasteiger partial charge is 0.158 e. The number of aromatic amines is 1. The first-order valence-corrected chi connectivity index (χ1v) is 7.45. The van der Waals surface area contributed by atoms with Crippen molar-refractivity contribution in [2.24, 2.45) is 0 Å². The molecule has 3 aromatic rings. The van der Waals surface area contributed by atoms with Crippen molar-refractivity contribution in [1.82, 2.24) is 15.0 Å². The highest BCUT2D eigenvalue weighted by Crippen LogP contribution is 2.41. The third-order valence-corrected chi connectivity index (χ3v) is 4.04. The third-order valence-electron chi connectivity index (χ3n) is 3.54. The van der Waals surface area contributed by atoms with Crippen LogP contribution in [0.3, 0.4) is 0 Å². The van der Waals surface area contributed by atoms with Crippen molar-refractivity contribution in [2.75, 3.05) is 5.32 Å². The minimum absolute atomic E-state index is 0.683. The van der Waals surface area contributed by atoms with Crippen LogP contribution < -0.4 is 5.32 Å². The Kier molecular flexibility index (Phi) is 2.73. The number of hydrogen-bond acceptors (Lipinski definition) is 3. The van der Waals surface area contributed by atoms with E-state index in [1.807, 2.05) is 24.3 Å². The Hall–Kier alpha value is -1.88. The molecule has 0 bridgehead atoms. The highest BCUT2D eigenvalue weighted by Gasteiger charge is 2.25. The first-order chi connectivity index (χ1) is 9.79. The highest BCUT2D eigenvalue weighted by molar-refractivity contribution is 9.10. The van der Waals surface area contributed by atoms with E-state index in [1.165, 1.54) is 18.5 Å². The monoisotopic (exact) mass is 328 g/mol. The summed E-state index contributed by atoms with van der Waals surface area (Å²) in [6.45, 7) is 0. The summed E-state index contributed by atoms with van der Waals surface area (Å²) in [6.07, 6.45) is 4.15. The van der Waals surface area contributed by atoms with Gasteiger partial charge in [-0.3, -0.25) is 0 Å². The number of rotatable bonds is 3. The zero-order chi connectivity index (χ0) is 13.5. The van der Waals surface area contributed by atoms with Crippen LogP contribution in [0, 0.1) is 0 Å². The van der Waals surface area contributed by atoms with Gasteiger partial charge in [0, 0.05) is 15.9 Å². The zero-order valence-corrected chi connectivity index (χ0v) is 12.3. The lowest BCUT2D eigenvalue weighted by atomic mass is 10.3. The predicted octanol–water partition coefficient (Wildman–Crippen LogP) is 4.34. The molecule has 0 unspecified atom stereocenters. The minimum atomic E-state index is 0.683. The van der Waals surface area contributed by atoms with E-state index in [1.54, 1.807) is 6.33 Å². The molecule has 0 spiro atoms. The van der Waals surface area contributed by atoms with E-state index in [9.17, 15) is 0 Å². The van der Waals surface area contributed by atoms with Gasteiger partial charge in [-0.25, -0.2) is 9.97 Å². The van der Waals surface area contributed by atoms with Crippen molar-refractivity contribution in [2.45, 2.75) is 18.8 Å². The van der Waals surface area contributed by atoms with Gasteiger partial charge in [-0.15, -0.1) is 0 Å². The molecule has 2 heterocycles. The van der Waals surface area contributed by atoms with E-state index in [2.05, 4.69) is 42.3 Å². The first kappa shape index (κ1) is 11.9. The second kappa shape index (κ2) is 4.59. The number of nitrogens with one attached hydrogen (secondary N) is 2. The van der Waals surface area contributed by atoms with Crippen molar-refractivity contribution in [3.8, 4) is 0 Å². The normalized spacial score (nSPS) is 14.7. The SMILES string of the molecule is Brc1cccc(Nc2ncnc3cc(C4CC4)[nH]c23)c1. The number of hydrogen-bond donors (Lipinski definition) is 2. The van der Waals surface area contributed by atoms with E-state index < -0.39 is 0 Å². The summed E-state index contributed by atoms with van der Waals surface area (Å²) in [6, 6.07) is 10.2. The summed E-state index contributed by atoms with van der Waals surface area (Å²) in [5.41, 5.74) is 4.23. The van der Waals surface area contributed by atoms with Crippen molar-refractivity contribution in [3.63, 3.8) is 0 Å². The quantitative estimate of drug-likeness (QED) is 0.751. The van der Waals surface area contributed by atoms with Crippen LogP contribution in [-0.4, -0.2) is 15.0 Å². The first-order valence-electron chi connectivity index (χ1n) is 6.66. The topological polar surface area (TPSA) is 53.6 Å². The summed E-state index contributed by atoms with van der Waals surface area (Å²) in [5.74, 6) is 1.50. The van der Waals surface area contributed by atoms with Gasteiger partial charge in [-0.2, -0.15) is 0 Å². The molecule has 5 heteroatoms. The number of aromatic nitrogens is 3. The maximum atomic E-state index is 4.36. The highest BCUT2D eigenvalue weighted by atomic mass is 79.9. The van der Waals surface area contributed by atoms with E-state index in [4.69, 9.17) is 0 Å². The molecule has 0 amide bonds. The Morgan fingerprint density at radius 1 is 1.20 bits per heavy atom. The standard InChI is InChI=1S/C15H13BrN4/c16-10-2-1-3-11(6-10)19-15-14-13(17-8-18-15)7-12(20-14)9-4-5-9/h1-3,6-9,20H,4-5H2,(H,17,18,19). The fourth-order valence-electron chi connectivity index (χ4n) is 2.37. The lowest BCUT2D eigenvalue weighted by Gasteiger charge is -2.06. The van der Waals surface area contributed by atoms with Crippen molar-refractivity contribution in [3.05, 3.63) is 46.8 Å². The van der Waals surface area contributed by atoms with Crippen molar-refractivity contribution < 1.29 is 0 Å². The van der Waals surface area contributed by atoms with Gasteiger partial charge in [0.25, 0.3) is 0 Å². The molecule has 2 aromatic heterocycles. The second-order valence-electron chi connectivity index (χ2n) is 5.12. The fourth-order valence-corrected chi connectivity index (χ4v) is 2.77. The Bertz CT molecular complexity index is 776. The van der Waals surface area contributed by atoms with Gasteiger partial charge in [0.1, 0.15) is 11.8 Å². The number of fused-ring (bicyclic) bond motifs is 1. The van der Waals surface area contributed by atoms with E-state index >= 15 is 0 Å². The molecule has 1 fully saturated rings. The Labute approximate surface area is 124 Å². The molecule has 100 valence electrons. The van der Waals surface area contributed by atoms with Crippen LogP contribution in [0.5, 0.6) is 0 Å². The van der Waals surface area contributed by atoms with Crippen LogP contribution in [0.4, 0.5) is 11.5 Å². The second-order valence-corrected chi connectivity index (χ2v) is 6.03. The Balaban J connectivity index is 1.75. The maximum Gasteiger partial charge on any atom is 0.158 e. The van der Waals surface area contributed by atoms with Gasteiger partial charge in [0.05, 0.1) is 5.52 Å². The average Bonchev–Trinajstić information content (AvgIpc) is 3.19. The molecule has 2 N–H and O–H groups in total. The van der Waals surface area contributed by atoms with Gasteiger partial charge < -0.3 is 10.3 Å². The van der Waals surface area contributed by atoms with Gasteiger partial charge in [-0.05, 0) is 43.0 Å². The number of benzene rings is 1.